The summed E-state index contributed by atoms with van der Waals surface area (Å²) >= 11 is 0. The molecule has 2 heterocycles. The number of benzene rings is 6. The summed E-state index contributed by atoms with van der Waals surface area (Å²) < 4.78 is 6.27. The van der Waals surface area contributed by atoms with E-state index in [4.69, 9.17) is 19.4 Å². The topological polar surface area (TPSA) is 51.8 Å². The van der Waals surface area contributed by atoms with Crippen LogP contribution >= 0.6 is 0 Å². The molecule has 0 radical (unpaired) electrons. The van der Waals surface area contributed by atoms with Gasteiger partial charge in [-0.15, -0.1) is 0 Å². The zero-order valence-electron chi connectivity index (χ0n) is 22.0. The summed E-state index contributed by atoms with van der Waals surface area (Å²) in [5.74, 6) is 1.92. The van der Waals surface area contributed by atoms with Crippen LogP contribution in [0.4, 0.5) is 0 Å². The van der Waals surface area contributed by atoms with E-state index in [2.05, 4.69) is 84.9 Å². The van der Waals surface area contributed by atoms with Gasteiger partial charge in [0.15, 0.2) is 17.5 Å². The van der Waals surface area contributed by atoms with Crippen molar-refractivity contribution in [3.8, 4) is 45.3 Å². The molecule has 0 aliphatic heterocycles. The summed E-state index contributed by atoms with van der Waals surface area (Å²) in [7, 11) is 0. The van der Waals surface area contributed by atoms with E-state index >= 15 is 0 Å². The maximum atomic E-state index is 6.27. The molecule has 0 bridgehead atoms. The van der Waals surface area contributed by atoms with Gasteiger partial charge in [-0.3, -0.25) is 0 Å². The van der Waals surface area contributed by atoms with Crippen molar-refractivity contribution in [3.63, 3.8) is 0 Å². The fourth-order valence-electron chi connectivity index (χ4n) is 5.44. The van der Waals surface area contributed by atoms with E-state index in [1.54, 1.807) is 0 Å². The van der Waals surface area contributed by atoms with E-state index in [0.717, 1.165) is 55.0 Å². The van der Waals surface area contributed by atoms with E-state index in [9.17, 15) is 0 Å². The van der Waals surface area contributed by atoms with Crippen LogP contribution in [0.3, 0.4) is 0 Å². The van der Waals surface area contributed by atoms with Gasteiger partial charge in [0.2, 0.25) is 0 Å². The zero-order valence-corrected chi connectivity index (χ0v) is 22.0. The SMILES string of the molecule is c1ccc(-c2ccc(-c3nc(-c4ccccc4)nc(-c4ccc5c(ccc6c7ccccc7oc56)c4)n3)cc2)cc1. The Bertz CT molecular complexity index is 2180. The summed E-state index contributed by atoms with van der Waals surface area (Å²) in [5.41, 5.74) is 6.93. The number of rotatable bonds is 4. The Hall–Kier alpha value is -5.61. The normalized spacial score (nSPS) is 11.4. The van der Waals surface area contributed by atoms with Crippen LogP contribution in [0.2, 0.25) is 0 Å². The minimum absolute atomic E-state index is 0.632. The summed E-state index contributed by atoms with van der Waals surface area (Å²) in [6, 6.07) is 47.6. The van der Waals surface area contributed by atoms with Gasteiger partial charge in [0, 0.05) is 32.8 Å². The summed E-state index contributed by atoms with van der Waals surface area (Å²) in [6.07, 6.45) is 0. The minimum atomic E-state index is 0.632. The van der Waals surface area contributed by atoms with Gasteiger partial charge in [0.1, 0.15) is 11.2 Å². The van der Waals surface area contributed by atoms with Crippen LogP contribution in [-0.4, -0.2) is 15.0 Å². The molecule has 8 aromatic rings. The second kappa shape index (κ2) is 9.54. The predicted molar refractivity (Wildman–Crippen MR) is 166 cm³/mol. The molecule has 0 saturated carbocycles. The van der Waals surface area contributed by atoms with Crippen LogP contribution in [-0.2, 0) is 0 Å². The quantitative estimate of drug-likeness (QED) is 0.230. The van der Waals surface area contributed by atoms with E-state index in [1.165, 1.54) is 5.56 Å². The third-order valence-corrected chi connectivity index (χ3v) is 7.54. The molecule has 0 unspecified atom stereocenters. The lowest BCUT2D eigenvalue weighted by Gasteiger charge is -2.10. The molecular formula is C37H23N3O. The van der Waals surface area contributed by atoms with Crippen molar-refractivity contribution in [2.75, 3.05) is 0 Å². The van der Waals surface area contributed by atoms with Gasteiger partial charge in [-0.2, -0.15) is 0 Å². The molecule has 6 aromatic carbocycles. The van der Waals surface area contributed by atoms with Crippen molar-refractivity contribution in [2.45, 2.75) is 0 Å². The van der Waals surface area contributed by atoms with Gasteiger partial charge < -0.3 is 4.42 Å². The third kappa shape index (κ3) is 4.14. The van der Waals surface area contributed by atoms with Gasteiger partial charge in [-0.1, -0.05) is 115 Å². The van der Waals surface area contributed by atoms with Crippen LogP contribution in [0.1, 0.15) is 0 Å². The lowest BCUT2D eigenvalue weighted by molar-refractivity contribution is 0.672. The Kier molecular flexibility index (Phi) is 5.42. The molecule has 4 nitrogen and oxygen atoms in total. The Morgan fingerprint density at radius 3 is 1.61 bits per heavy atom. The van der Waals surface area contributed by atoms with Gasteiger partial charge in [-0.25, -0.2) is 15.0 Å². The van der Waals surface area contributed by atoms with Crippen molar-refractivity contribution in [2.24, 2.45) is 0 Å². The molecule has 0 spiro atoms. The van der Waals surface area contributed by atoms with Crippen LogP contribution < -0.4 is 0 Å². The maximum Gasteiger partial charge on any atom is 0.164 e. The fraction of sp³-hybridized carbons (Fsp3) is 0. The summed E-state index contributed by atoms with van der Waals surface area (Å²) in [6.45, 7) is 0. The highest BCUT2D eigenvalue weighted by Crippen LogP contribution is 2.35. The molecule has 0 amide bonds. The lowest BCUT2D eigenvalue weighted by Crippen LogP contribution is -2.00. The van der Waals surface area contributed by atoms with Gasteiger partial charge in [0.05, 0.1) is 0 Å². The van der Waals surface area contributed by atoms with Crippen molar-refractivity contribution in [1.82, 2.24) is 15.0 Å². The average molecular weight is 526 g/mol. The predicted octanol–water partition coefficient (Wildman–Crippen LogP) is 9.59. The first-order valence-corrected chi connectivity index (χ1v) is 13.6. The summed E-state index contributed by atoms with van der Waals surface area (Å²) in [5, 5.41) is 4.39. The Morgan fingerprint density at radius 1 is 0.366 bits per heavy atom. The first-order chi connectivity index (χ1) is 20.3. The van der Waals surface area contributed by atoms with E-state index < -0.39 is 0 Å². The van der Waals surface area contributed by atoms with Crippen molar-refractivity contribution in [1.29, 1.82) is 0 Å². The fourth-order valence-corrected chi connectivity index (χ4v) is 5.44. The molecule has 41 heavy (non-hydrogen) atoms. The van der Waals surface area contributed by atoms with Crippen LogP contribution in [0.25, 0.3) is 78.0 Å². The van der Waals surface area contributed by atoms with E-state index in [0.29, 0.717) is 17.5 Å². The molecule has 0 N–H and O–H groups in total. The molecule has 4 heteroatoms. The third-order valence-electron chi connectivity index (χ3n) is 7.54. The maximum absolute atomic E-state index is 6.27. The zero-order chi connectivity index (χ0) is 27.2. The van der Waals surface area contributed by atoms with Crippen molar-refractivity contribution < 1.29 is 4.42 Å². The highest BCUT2D eigenvalue weighted by atomic mass is 16.3. The minimum Gasteiger partial charge on any atom is -0.455 e. The molecular weight excluding hydrogens is 502 g/mol. The first kappa shape index (κ1) is 23.3. The number of para-hydroxylation sites is 1. The Labute approximate surface area is 236 Å². The lowest BCUT2D eigenvalue weighted by atomic mass is 10.0. The first-order valence-electron chi connectivity index (χ1n) is 13.6. The largest absolute Gasteiger partial charge is 0.455 e. The smallest absolute Gasteiger partial charge is 0.164 e. The van der Waals surface area contributed by atoms with Crippen molar-refractivity contribution in [3.05, 3.63) is 140 Å². The molecule has 0 aliphatic carbocycles. The molecule has 8 rings (SSSR count). The second-order valence-corrected chi connectivity index (χ2v) is 10.1. The molecule has 0 saturated heterocycles. The van der Waals surface area contributed by atoms with Crippen LogP contribution in [0.5, 0.6) is 0 Å². The highest BCUT2D eigenvalue weighted by Gasteiger charge is 2.15. The second-order valence-electron chi connectivity index (χ2n) is 10.1. The van der Waals surface area contributed by atoms with Crippen LogP contribution in [0.15, 0.2) is 144 Å². The monoisotopic (exact) mass is 525 g/mol. The van der Waals surface area contributed by atoms with Gasteiger partial charge in [0.25, 0.3) is 0 Å². The highest BCUT2D eigenvalue weighted by molar-refractivity contribution is 6.15. The van der Waals surface area contributed by atoms with E-state index in [-0.39, 0.29) is 0 Å². The molecule has 0 aliphatic rings. The number of hydrogen-bond acceptors (Lipinski definition) is 4. The van der Waals surface area contributed by atoms with Gasteiger partial charge in [-0.05, 0) is 40.8 Å². The number of furan rings is 1. The number of aromatic nitrogens is 3. The van der Waals surface area contributed by atoms with E-state index in [1.807, 2.05) is 54.6 Å². The Balaban J connectivity index is 1.26. The number of nitrogens with zero attached hydrogens (tertiary/aromatic N) is 3. The number of fused-ring (bicyclic) bond motifs is 5. The molecule has 192 valence electrons. The molecule has 0 atom stereocenters. The standard InChI is InChI=1S/C37H23N3O/c1-3-9-24(10-4-1)25-15-17-27(18-16-25)36-38-35(26-11-5-2-6-12-26)39-37(40-36)29-20-21-30-28(23-29)19-22-32-31-13-7-8-14-33(31)41-34(30)32/h1-23H. The van der Waals surface area contributed by atoms with Gasteiger partial charge >= 0.3 is 0 Å². The molecule has 0 fully saturated rings. The van der Waals surface area contributed by atoms with Crippen molar-refractivity contribution >= 4 is 32.7 Å². The van der Waals surface area contributed by atoms with Crippen LogP contribution in [0, 0.1) is 0 Å². The number of hydrogen-bond donors (Lipinski definition) is 0. The molecule has 2 aromatic heterocycles. The average Bonchev–Trinajstić information content (AvgIpc) is 3.44. The summed E-state index contributed by atoms with van der Waals surface area (Å²) in [4.78, 5) is 14.8. The Morgan fingerprint density at radius 2 is 0.878 bits per heavy atom.